The second-order valence-electron chi connectivity index (χ2n) is 6.12. The summed E-state index contributed by atoms with van der Waals surface area (Å²) in [5.41, 5.74) is 1.52. The number of rotatable bonds is 4. The van der Waals surface area contributed by atoms with Crippen LogP contribution in [0.1, 0.15) is 5.76 Å². The lowest BCUT2D eigenvalue weighted by Gasteiger charge is -2.04. The molecule has 9 heteroatoms. The molecule has 0 spiro atoms. The van der Waals surface area contributed by atoms with Gasteiger partial charge in [-0.1, -0.05) is 22.9 Å². The topological polar surface area (TPSA) is 67.2 Å². The third-order valence-electron chi connectivity index (χ3n) is 3.96. The predicted molar refractivity (Wildman–Crippen MR) is 122 cm³/mol. The molecule has 0 unspecified atom stereocenters. The number of fused-ring (bicyclic) bond motifs is 1. The Hall–Kier alpha value is -3.07. The molecule has 30 heavy (non-hydrogen) atoms. The van der Waals surface area contributed by atoms with Crippen LogP contribution in [0.5, 0.6) is 0 Å². The third kappa shape index (κ3) is 4.91. The molecule has 0 fully saturated rings. The molecule has 5 nitrogen and oxygen atoms in total. The van der Waals surface area contributed by atoms with Crippen molar-refractivity contribution in [2.24, 2.45) is 0 Å². The van der Waals surface area contributed by atoms with Gasteiger partial charge in [0.1, 0.15) is 17.3 Å². The first-order valence-electron chi connectivity index (χ1n) is 8.68. The van der Waals surface area contributed by atoms with E-state index in [1.807, 2.05) is 18.2 Å². The number of thiazole rings is 1. The zero-order chi connectivity index (χ0) is 21.1. The Morgan fingerprint density at radius 1 is 1.17 bits per heavy atom. The maximum absolute atomic E-state index is 13.3. The molecule has 0 bridgehead atoms. The van der Waals surface area contributed by atoms with Crippen molar-refractivity contribution in [1.29, 1.82) is 0 Å². The van der Waals surface area contributed by atoms with Gasteiger partial charge in [-0.15, -0.1) is 0 Å². The number of amides is 1. The monoisotopic (exact) mass is 457 g/mol. The van der Waals surface area contributed by atoms with E-state index in [2.05, 4.69) is 15.6 Å². The number of hydrogen-bond donors (Lipinski definition) is 2. The lowest BCUT2D eigenvalue weighted by Crippen LogP contribution is -2.32. The minimum Gasteiger partial charge on any atom is -0.457 e. The van der Waals surface area contributed by atoms with E-state index in [-0.39, 0.29) is 10.9 Å². The molecule has 0 aliphatic heterocycles. The summed E-state index contributed by atoms with van der Waals surface area (Å²) >= 11 is 12.3. The van der Waals surface area contributed by atoms with Crippen LogP contribution in [0.2, 0.25) is 5.02 Å². The zero-order valence-electron chi connectivity index (χ0n) is 15.2. The molecule has 4 aromatic rings. The van der Waals surface area contributed by atoms with Gasteiger partial charge in [0.2, 0.25) is 5.91 Å². The van der Waals surface area contributed by atoms with Gasteiger partial charge in [-0.2, -0.15) is 0 Å². The van der Waals surface area contributed by atoms with Crippen LogP contribution in [0.15, 0.2) is 65.1 Å². The van der Waals surface area contributed by atoms with Crippen LogP contribution < -0.4 is 10.6 Å². The molecule has 1 amide bonds. The van der Waals surface area contributed by atoms with Crippen molar-refractivity contribution < 1.29 is 13.6 Å². The van der Waals surface area contributed by atoms with Gasteiger partial charge in [-0.05, 0) is 72.9 Å². The number of anilines is 1. The zero-order valence-corrected chi connectivity index (χ0v) is 17.6. The molecule has 2 N–H and O–H groups in total. The molecule has 0 radical (unpaired) electrons. The summed E-state index contributed by atoms with van der Waals surface area (Å²) in [6, 6.07) is 15.1. The van der Waals surface area contributed by atoms with Gasteiger partial charge in [0.05, 0.1) is 10.2 Å². The number of nitrogens with one attached hydrogen (secondary N) is 2. The lowest BCUT2D eigenvalue weighted by atomic mass is 10.2. The molecular weight excluding hydrogens is 445 g/mol. The minimum absolute atomic E-state index is 0.0884. The normalized spacial score (nSPS) is 11.1. The Bertz CT molecular complexity index is 1260. The average Bonchev–Trinajstić information content (AvgIpc) is 3.33. The second-order valence-corrected chi connectivity index (χ2v) is 7.99. The molecule has 0 saturated heterocycles. The van der Waals surface area contributed by atoms with Gasteiger partial charge in [0.15, 0.2) is 10.2 Å². The summed E-state index contributed by atoms with van der Waals surface area (Å²) in [6.07, 6.45) is 2.85. The van der Waals surface area contributed by atoms with Crippen molar-refractivity contribution in [2.45, 2.75) is 0 Å². The number of thiocarbonyl (C=S) groups is 1. The number of benzene rings is 2. The first kappa shape index (κ1) is 20.2. The summed E-state index contributed by atoms with van der Waals surface area (Å²) in [6.45, 7) is 0. The summed E-state index contributed by atoms with van der Waals surface area (Å²) in [4.78, 5) is 16.4. The fourth-order valence-electron chi connectivity index (χ4n) is 2.60. The first-order chi connectivity index (χ1) is 14.5. The molecule has 4 rings (SSSR count). The Balaban J connectivity index is 1.35. The number of aromatic nitrogens is 1. The van der Waals surface area contributed by atoms with Crippen LogP contribution in [-0.4, -0.2) is 16.0 Å². The van der Waals surface area contributed by atoms with Gasteiger partial charge in [0, 0.05) is 16.7 Å². The predicted octanol–water partition coefficient (Wildman–Crippen LogP) is 5.88. The van der Waals surface area contributed by atoms with Gasteiger partial charge in [-0.25, -0.2) is 9.37 Å². The van der Waals surface area contributed by atoms with Crippen LogP contribution >= 0.6 is 35.2 Å². The van der Waals surface area contributed by atoms with E-state index in [9.17, 15) is 9.18 Å². The fraction of sp³-hybridized carbons (Fsp3) is 0. The van der Waals surface area contributed by atoms with Crippen LogP contribution in [0, 0.1) is 5.82 Å². The standard InChI is InChI=1S/C21H13ClFN3O2S2/c22-13-3-1-12(2-4-13)17-9-6-15(28-17)7-10-19(27)25-20(29)26-21-24-16-8-5-14(23)11-18(16)30-21/h1-11H,(H2,24,25,26,27,29). The lowest BCUT2D eigenvalue weighted by molar-refractivity contribution is -0.115. The average molecular weight is 458 g/mol. The highest BCUT2D eigenvalue weighted by molar-refractivity contribution is 7.80. The number of nitrogens with zero attached hydrogens (tertiary/aromatic N) is 1. The van der Waals surface area contributed by atoms with E-state index in [1.54, 1.807) is 24.3 Å². The van der Waals surface area contributed by atoms with Crippen molar-refractivity contribution in [3.05, 3.63) is 77.3 Å². The summed E-state index contributed by atoms with van der Waals surface area (Å²) in [5, 5.41) is 6.55. The first-order valence-corrected chi connectivity index (χ1v) is 10.3. The van der Waals surface area contributed by atoms with Crippen molar-refractivity contribution in [2.75, 3.05) is 5.32 Å². The molecule has 2 heterocycles. The summed E-state index contributed by atoms with van der Waals surface area (Å²) < 4.78 is 19.7. The maximum atomic E-state index is 13.3. The number of halogens is 2. The molecular formula is C21H13ClFN3O2S2. The van der Waals surface area contributed by atoms with E-state index < -0.39 is 5.91 Å². The van der Waals surface area contributed by atoms with Crippen molar-refractivity contribution in [1.82, 2.24) is 10.3 Å². The molecule has 0 saturated carbocycles. The van der Waals surface area contributed by atoms with Crippen molar-refractivity contribution in [3.63, 3.8) is 0 Å². The molecule has 0 aliphatic carbocycles. The second kappa shape index (κ2) is 8.74. The quantitative estimate of drug-likeness (QED) is 0.296. The largest absolute Gasteiger partial charge is 0.457 e. The number of carbonyl (C=O) groups excluding carboxylic acids is 1. The van der Waals surface area contributed by atoms with E-state index in [0.717, 1.165) is 5.56 Å². The van der Waals surface area contributed by atoms with E-state index >= 15 is 0 Å². The summed E-state index contributed by atoms with van der Waals surface area (Å²) in [5.74, 6) is 0.415. The Morgan fingerprint density at radius 3 is 2.77 bits per heavy atom. The number of carbonyl (C=O) groups is 1. The number of hydrogen-bond acceptors (Lipinski definition) is 5. The molecule has 2 aromatic carbocycles. The smallest absolute Gasteiger partial charge is 0.250 e. The highest BCUT2D eigenvalue weighted by atomic mass is 35.5. The summed E-state index contributed by atoms with van der Waals surface area (Å²) in [7, 11) is 0. The molecule has 0 aliphatic rings. The Labute approximate surface area is 185 Å². The van der Waals surface area contributed by atoms with Gasteiger partial charge < -0.3 is 9.73 Å². The Morgan fingerprint density at radius 2 is 1.97 bits per heavy atom. The maximum Gasteiger partial charge on any atom is 0.250 e. The minimum atomic E-state index is -0.427. The van der Waals surface area contributed by atoms with Crippen molar-refractivity contribution >= 4 is 67.6 Å². The Kier molecular flexibility index (Phi) is 5.89. The van der Waals surface area contributed by atoms with Crippen LogP contribution in [0.4, 0.5) is 9.52 Å². The SMILES string of the molecule is O=C(C=Cc1ccc(-c2ccc(Cl)cc2)o1)NC(=S)Nc1nc2ccc(F)cc2s1. The fourth-order valence-corrected chi connectivity index (χ4v) is 3.89. The molecule has 150 valence electrons. The van der Waals surface area contributed by atoms with Crippen LogP contribution in [0.3, 0.4) is 0 Å². The molecule has 2 aromatic heterocycles. The van der Waals surface area contributed by atoms with Gasteiger partial charge in [0.25, 0.3) is 0 Å². The highest BCUT2D eigenvalue weighted by Gasteiger charge is 2.08. The van der Waals surface area contributed by atoms with E-state index in [4.69, 9.17) is 28.2 Å². The molecule has 0 atom stereocenters. The van der Waals surface area contributed by atoms with Gasteiger partial charge in [-0.3, -0.25) is 10.1 Å². The van der Waals surface area contributed by atoms with E-state index in [1.165, 1.54) is 35.6 Å². The number of furan rings is 1. The van der Waals surface area contributed by atoms with E-state index in [0.29, 0.717) is 31.9 Å². The van der Waals surface area contributed by atoms with Crippen molar-refractivity contribution in [3.8, 4) is 11.3 Å². The van der Waals surface area contributed by atoms with Crippen LogP contribution in [-0.2, 0) is 4.79 Å². The third-order valence-corrected chi connectivity index (χ3v) is 5.35. The van der Waals surface area contributed by atoms with Gasteiger partial charge >= 0.3 is 0 Å². The van der Waals surface area contributed by atoms with Crippen LogP contribution in [0.25, 0.3) is 27.6 Å². The highest BCUT2D eigenvalue weighted by Crippen LogP contribution is 2.26.